The third kappa shape index (κ3) is 6.20. The number of halogens is 3. The van der Waals surface area contributed by atoms with Crippen LogP contribution in [-0.4, -0.2) is 67.5 Å². The van der Waals surface area contributed by atoms with Gasteiger partial charge < -0.3 is 15.5 Å². The highest BCUT2D eigenvalue weighted by Gasteiger charge is 2.29. The van der Waals surface area contributed by atoms with Crippen molar-refractivity contribution in [3.05, 3.63) is 34.6 Å². The van der Waals surface area contributed by atoms with E-state index in [0.29, 0.717) is 36.1 Å². The van der Waals surface area contributed by atoms with E-state index >= 15 is 0 Å². The first kappa shape index (κ1) is 25.1. The molecule has 0 spiro atoms. The number of amides is 1. The Morgan fingerprint density at radius 3 is 2.70 bits per heavy atom. The average molecular weight is 552 g/mol. The van der Waals surface area contributed by atoms with Gasteiger partial charge in [-0.2, -0.15) is 0 Å². The summed E-state index contributed by atoms with van der Waals surface area (Å²) in [4.78, 5) is 20.4. The molecule has 2 saturated heterocycles. The van der Waals surface area contributed by atoms with Crippen LogP contribution in [0.15, 0.2) is 23.2 Å². The lowest BCUT2D eigenvalue weighted by molar-refractivity contribution is -0.129. The molecule has 9 heteroatoms. The van der Waals surface area contributed by atoms with E-state index in [4.69, 9.17) is 11.6 Å². The molecule has 0 aromatic heterocycles. The summed E-state index contributed by atoms with van der Waals surface area (Å²) in [6.45, 7) is 5.70. The molecule has 6 nitrogen and oxygen atoms in total. The van der Waals surface area contributed by atoms with E-state index in [9.17, 15) is 9.18 Å². The maximum Gasteiger partial charge on any atom is 0.222 e. The maximum atomic E-state index is 14.6. The Morgan fingerprint density at radius 2 is 2.07 bits per heavy atom. The molecular formula is C21H32ClFIN5O. The van der Waals surface area contributed by atoms with Gasteiger partial charge in [0.1, 0.15) is 5.82 Å². The summed E-state index contributed by atoms with van der Waals surface area (Å²) in [5.74, 6) is 0.571. The summed E-state index contributed by atoms with van der Waals surface area (Å²) in [5, 5.41) is 7.21. The summed E-state index contributed by atoms with van der Waals surface area (Å²) in [7, 11) is 1.72. The monoisotopic (exact) mass is 551 g/mol. The summed E-state index contributed by atoms with van der Waals surface area (Å²) < 4.78 is 14.6. The van der Waals surface area contributed by atoms with Crippen molar-refractivity contribution in [1.29, 1.82) is 0 Å². The number of carbonyl (C=O) groups is 1. The zero-order valence-corrected chi connectivity index (χ0v) is 20.8. The molecule has 0 bridgehead atoms. The fraction of sp³-hybridized carbons (Fsp3) is 0.619. The Balaban J connectivity index is 0.00000320. The fourth-order valence-electron chi connectivity index (χ4n) is 4.21. The quantitative estimate of drug-likeness (QED) is 0.323. The van der Waals surface area contributed by atoms with E-state index < -0.39 is 0 Å². The molecule has 2 atom stereocenters. The molecule has 2 aliphatic heterocycles. The molecule has 3 rings (SSSR count). The van der Waals surface area contributed by atoms with E-state index in [1.165, 1.54) is 6.07 Å². The third-order valence-corrected chi connectivity index (χ3v) is 6.11. The number of nitrogens with zero attached hydrogens (tertiary/aromatic N) is 3. The molecule has 2 N–H and O–H groups in total. The minimum atomic E-state index is -0.274. The molecule has 168 valence electrons. The van der Waals surface area contributed by atoms with Crippen LogP contribution in [0.2, 0.25) is 5.02 Å². The first-order chi connectivity index (χ1) is 14.0. The average Bonchev–Trinajstić information content (AvgIpc) is 3.40. The van der Waals surface area contributed by atoms with E-state index in [1.807, 2.05) is 11.8 Å². The minimum Gasteiger partial charge on any atom is -0.354 e. The van der Waals surface area contributed by atoms with Gasteiger partial charge in [0.2, 0.25) is 5.91 Å². The van der Waals surface area contributed by atoms with Gasteiger partial charge in [-0.25, -0.2) is 4.39 Å². The van der Waals surface area contributed by atoms with Crippen molar-refractivity contribution in [2.75, 3.05) is 39.8 Å². The van der Waals surface area contributed by atoms with E-state index in [0.717, 1.165) is 38.9 Å². The smallest absolute Gasteiger partial charge is 0.222 e. The standard InChI is InChI=1S/C21H31ClFN5O.HI/c1-3-19(29)28-12-9-15(14-28)26-21(24-2)25-13-18(27-10-4-5-11-27)20-16(22)7-6-8-17(20)23;/h6-8,15,18H,3-5,9-14H2,1-2H3,(H2,24,25,26);1H. The molecule has 1 aromatic carbocycles. The number of carbonyl (C=O) groups excluding carboxylic acids is 1. The van der Waals surface area contributed by atoms with E-state index in [1.54, 1.807) is 19.2 Å². The fourth-order valence-corrected chi connectivity index (χ4v) is 4.49. The van der Waals surface area contributed by atoms with Crippen molar-refractivity contribution in [3.63, 3.8) is 0 Å². The second-order valence-electron chi connectivity index (χ2n) is 7.67. The van der Waals surface area contributed by atoms with Gasteiger partial charge in [0.25, 0.3) is 0 Å². The summed E-state index contributed by atoms with van der Waals surface area (Å²) in [6, 6.07) is 4.86. The lowest BCUT2D eigenvalue weighted by atomic mass is 10.0. The number of aliphatic imine (C=N–C) groups is 1. The van der Waals surface area contributed by atoms with Gasteiger partial charge in [-0.15, -0.1) is 24.0 Å². The number of hydrogen-bond acceptors (Lipinski definition) is 3. The van der Waals surface area contributed by atoms with Gasteiger partial charge in [0.15, 0.2) is 5.96 Å². The largest absolute Gasteiger partial charge is 0.354 e. The lowest BCUT2D eigenvalue weighted by Gasteiger charge is -2.30. The predicted molar refractivity (Wildman–Crippen MR) is 130 cm³/mol. The van der Waals surface area contributed by atoms with E-state index in [-0.39, 0.29) is 47.8 Å². The zero-order valence-electron chi connectivity index (χ0n) is 17.7. The molecule has 2 heterocycles. The first-order valence-electron chi connectivity index (χ1n) is 10.5. The SMILES string of the molecule is CCC(=O)N1CCC(NC(=NC)NCC(c2c(F)cccc2Cl)N2CCCC2)C1.I. The first-order valence-corrected chi connectivity index (χ1v) is 10.8. The number of hydrogen-bond donors (Lipinski definition) is 2. The zero-order chi connectivity index (χ0) is 20.8. The highest BCUT2D eigenvalue weighted by molar-refractivity contribution is 14.0. The number of rotatable bonds is 6. The molecule has 0 radical (unpaired) electrons. The van der Waals surface area contributed by atoms with Crippen LogP contribution in [0.1, 0.15) is 44.2 Å². The molecule has 0 saturated carbocycles. The Kier molecular flexibility index (Phi) is 10.1. The molecule has 2 unspecified atom stereocenters. The van der Waals surface area contributed by atoms with Crippen LogP contribution in [0.4, 0.5) is 4.39 Å². The molecule has 2 fully saturated rings. The topological polar surface area (TPSA) is 60.0 Å². The number of benzene rings is 1. The Hall–Kier alpha value is -1.13. The van der Waals surface area contributed by atoms with Crippen molar-refractivity contribution >= 4 is 47.4 Å². The Morgan fingerprint density at radius 1 is 1.33 bits per heavy atom. The van der Waals surface area contributed by atoms with Gasteiger partial charge >= 0.3 is 0 Å². The molecular weight excluding hydrogens is 520 g/mol. The Bertz CT molecular complexity index is 724. The highest BCUT2D eigenvalue weighted by Crippen LogP contribution is 2.31. The molecule has 30 heavy (non-hydrogen) atoms. The van der Waals surface area contributed by atoms with Crippen molar-refractivity contribution in [2.45, 2.75) is 44.7 Å². The Labute approximate surface area is 200 Å². The molecule has 1 amide bonds. The van der Waals surface area contributed by atoms with Crippen LogP contribution >= 0.6 is 35.6 Å². The third-order valence-electron chi connectivity index (χ3n) is 5.79. The van der Waals surface area contributed by atoms with Crippen LogP contribution in [0.5, 0.6) is 0 Å². The normalized spacial score (nSPS) is 20.7. The summed E-state index contributed by atoms with van der Waals surface area (Å²) >= 11 is 6.37. The second-order valence-corrected chi connectivity index (χ2v) is 8.08. The van der Waals surface area contributed by atoms with Crippen molar-refractivity contribution in [3.8, 4) is 0 Å². The maximum absolute atomic E-state index is 14.6. The van der Waals surface area contributed by atoms with Crippen LogP contribution < -0.4 is 10.6 Å². The van der Waals surface area contributed by atoms with Crippen LogP contribution in [0, 0.1) is 5.82 Å². The summed E-state index contributed by atoms with van der Waals surface area (Å²) in [6.07, 6.45) is 3.64. The minimum absolute atomic E-state index is 0. The van der Waals surface area contributed by atoms with Crippen molar-refractivity contribution in [2.24, 2.45) is 4.99 Å². The van der Waals surface area contributed by atoms with Crippen LogP contribution in [0.25, 0.3) is 0 Å². The predicted octanol–water partition coefficient (Wildman–Crippen LogP) is 3.41. The van der Waals surface area contributed by atoms with Crippen molar-refractivity contribution in [1.82, 2.24) is 20.4 Å². The number of guanidine groups is 1. The van der Waals surface area contributed by atoms with Crippen LogP contribution in [-0.2, 0) is 4.79 Å². The highest BCUT2D eigenvalue weighted by atomic mass is 127. The van der Waals surface area contributed by atoms with E-state index in [2.05, 4.69) is 20.5 Å². The lowest BCUT2D eigenvalue weighted by Crippen LogP contribution is -2.47. The van der Waals surface area contributed by atoms with Crippen molar-refractivity contribution < 1.29 is 9.18 Å². The van der Waals surface area contributed by atoms with Crippen LogP contribution in [0.3, 0.4) is 0 Å². The number of likely N-dealkylation sites (tertiary alicyclic amines) is 2. The van der Waals surface area contributed by atoms with Gasteiger partial charge in [-0.3, -0.25) is 14.7 Å². The van der Waals surface area contributed by atoms with Gasteiger partial charge in [0, 0.05) is 49.7 Å². The molecule has 0 aliphatic carbocycles. The molecule has 2 aliphatic rings. The second kappa shape index (κ2) is 12.0. The summed E-state index contributed by atoms with van der Waals surface area (Å²) in [5.41, 5.74) is 0.541. The number of nitrogens with one attached hydrogen (secondary N) is 2. The van der Waals surface area contributed by atoms with Gasteiger partial charge in [-0.1, -0.05) is 24.6 Å². The van der Waals surface area contributed by atoms with Gasteiger partial charge in [0.05, 0.1) is 6.04 Å². The molecule has 1 aromatic rings. The van der Waals surface area contributed by atoms with Gasteiger partial charge in [-0.05, 0) is 44.5 Å².